The van der Waals surface area contributed by atoms with Gasteiger partial charge in [0.15, 0.2) is 0 Å². The molecule has 2 rings (SSSR count). The molecular weight excluding hydrogens is 292 g/mol. The lowest BCUT2D eigenvalue weighted by atomic mass is 10.0. The van der Waals surface area contributed by atoms with Gasteiger partial charge in [0.05, 0.1) is 0 Å². The van der Waals surface area contributed by atoms with Crippen LogP contribution < -0.4 is 4.72 Å². The average molecular weight is 312 g/mol. The van der Waals surface area contributed by atoms with E-state index in [0.29, 0.717) is 19.5 Å². The number of hydrogen-bond donors (Lipinski definition) is 2. The standard InChI is InChI=1S/C14H20N2O4S/c17-14(18)8-7-13(11-12-5-2-1-3-6-12)15-21(19,20)16-9-4-10-16/h1-3,5-6,13,15H,4,7-11H2,(H,17,18). The zero-order chi connectivity index (χ0) is 15.3. The van der Waals surface area contributed by atoms with E-state index in [1.807, 2.05) is 30.3 Å². The maximum atomic E-state index is 12.1. The predicted molar refractivity (Wildman–Crippen MR) is 79.0 cm³/mol. The molecule has 0 spiro atoms. The highest BCUT2D eigenvalue weighted by Gasteiger charge is 2.29. The second-order valence-corrected chi connectivity index (χ2v) is 6.90. The van der Waals surface area contributed by atoms with Gasteiger partial charge in [0.2, 0.25) is 0 Å². The summed E-state index contributed by atoms with van der Waals surface area (Å²) >= 11 is 0. The van der Waals surface area contributed by atoms with Crippen LogP contribution in [-0.2, 0) is 21.4 Å². The van der Waals surface area contributed by atoms with E-state index in [2.05, 4.69) is 4.72 Å². The second kappa shape index (κ2) is 7.02. The number of carboxylic acids is 1. The van der Waals surface area contributed by atoms with Crippen LogP contribution in [0.15, 0.2) is 30.3 Å². The number of nitrogens with one attached hydrogen (secondary N) is 1. The van der Waals surface area contributed by atoms with Gasteiger partial charge >= 0.3 is 5.97 Å². The first-order valence-corrected chi connectivity index (χ1v) is 8.44. The van der Waals surface area contributed by atoms with Crippen LogP contribution in [0.4, 0.5) is 0 Å². The highest BCUT2D eigenvalue weighted by molar-refractivity contribution is 7.87. The van der Waals surface area contributed by atoms with Gasteiger partial charge in [0.1, 0.15) is 0 Å². The molecule has 1 aromatic rings. The molecular formula is C14H20N2O4S. The quantitative estimate of drug-likeness (QED) is 0.750. The van der Waals surface area contributed by atoms with Crippen molar-refractivity contribution in [2.75, 3.05) is 13.1 Å². The summed E-state index contributed by atoms with van der Waals surface area (Å²) < 4.78 is 28.3. The number of carbonyl (C=O) groups is 1. The average Bonchev–Trinajstić information content (AvgIpc) is 2.34. The maximum Gasteiger partial charge on any atom is 0.303 e. The fourth-order valence-corrected chi connectivity index (χ4v) is 3.72. The minimum absolute atomic E-state index is 0.0555. The van der Waals surface area contributed by atoms with Gasteiger partial charge in [-0.1, -0.05) is 30.3 Å². The first-order chi connectivity index (χ1) is 9.97. The van der Waals surface area contributed by atoms with Crippen LogP contribution in [0.3, 0.4) is 0 Å². The van der Waals surface area contributed by atoms with E-state index in [1.165, 1.54) is 4.31 Å². The van der Waals surface area contributed by atoms with Crippen molar-refractivity contribution in [3.63, 3.8) is 0 Å². The Balaban J connectivity index is 2.02. The Kier molecular flexibility index (Phi) is 5.33. The minimum atomic E-state index is -3.50. The Bertz CT molecular complexity index is 570. The third kappa shape index (κ3) is 4.80. The lowest BCUT2D eigenvalue weighted by Gasteiger charge is -2.31. The molecule has 6 nitrogen and oxygen atoms in total. The van der Waals surface area contributed by atoms with E-state index < -0.39 is 22.2 Å². The number of carboxylic acid groups (broad SMARTS) is 1. The van der Waals surface area contributed by atoms with Gasteiger partial charge < -0.3 is 5.11 Å². The van der Waals surface area contributed by atoms with Crippen molar-refractivity contribution in [2.45, 2.75) is 31.7 Å². The molecule has 1 aliphatic rings. The summed E-state index contributed by atoms with van der Waals surface area (Å²) in [4.78, 5) is 10.7. The smallest absolute Gasteiger partial charge is 0.303 e. The molecule has 0 aromatic heterocycles. The van der Waals surface area contributed by atoms with Gasteiger partial charge in [-0.25, -0.2) is 0 Å². The Hall–Kier alpha value is -1.44. The summed E-state index contributed by atoms with van der Waals surface area (Å²) in [6.45, 7) is 1.07. The monoisotopic (exact) mass is 312 g/mol. The van der Waals surface area contributed by atoms with Crippen LogP contribution in [0, 0.1) is 0 Å². The van der Waals surface area contributed by atoms with Crippen molar-refractivity contribution in [3.05, 3.63) is 35.9 Å². The minimum Gasteiger partial charge on any atom is -0.481 e. The zero-order valence-corrected chi connectivity index (χ0v) is 12.6. The molecule has 1 unspecified atom stereocenters. The van der Waals surface area contributed by atoms with Crippen LogP contribution in [0.2, 0.25) is 0 Å². The zero-order valence-electron chi connectivity index (χ0n) is 11.7. The van der Waals surface area contributed by atoms with Crippen LogP contribution in [0.25, 0.3) is 0 Å². The SMILES string of the molecule is O=C(O)CCC(Cc1ccccc1)NS(=O)(=O)N1CCC1. The Morgan fingerprint density at radius 3 is 2.48 bits per heavy atom. The fourth-order valence-electron chi connectivity index (χ4n) is 2.21. The molecule has 21 heavy (non-hydrogen) atoms. The molecule has 0 aliphatic carbocycles. The number of benzene rings is 1. The van der Waals surface area contributed by atoms with E-state index in [1.54, 1.807) is 0 Å². The molecule has 0 saturated carbocycles. The molecule has 0 radical (unpaired) electrons. The lowest BCUT2D eigenvalue weighted by Crippen LogP contribution is -2.51. The Morgan fingerprint density at radius 1 is 1.29 bits per heavy atom. The van der Waals surface area contributed by atoms with Gasteiger partial charge in [-0.05, 0) is 24.8 Å². The van der Waals surface area contributed by atoms with Crippen molar-refractivity contribution < 1.29 is 18.3 Å². The van der Waals surface area contributed by atoms with Gasteiger partial charge in [0, 0.05) is 25.6 Å². The van der Waals surface area contributed by atoms with Crippen molar-refractivity contribution in [3.8, 4) is 0 Å². The third-order valence-corrected chi connectivity index (χ3v) is 5.18. The molecule has 1 heterocycles. The molecule has 0 bridgehead atoms. The summed E-state index contributed by atoms with van der Waals surface area (Å²) in [6, 6.07) is 9.06. The van der Waals surface area contributed by atoms with E-state index >= 15 is 0 Å². The van der Waals surface area contributed by atoms with E-state index in [4.69, 9.17) is 5.11 Å². The number of aliphatic carboxylic acids is 1. The molecule has 1 atom stereocenters. The molecule has 116 valence electrons. The van der Waals surface area contributed by atoms with Gasteiger partial charge in [-0.15, -0.1) is 0 Å². The van der Waals surface area contributed by atoms with Crippen LogP contribution in [0.1, 0.15) is 24.8 Å². The molecule has 1 saturated heterocycles. The maximum absolute atomic E-state index is 12.1. The summed E-state index contributed by atoms with van der Waals surface area (Å²) in [7, 11) is -3.50. The highest BCUT2D eigenvalue weighted by Crippen LogP contribution is 2.14. The Labute approximate surface area is 125 Å². The van der Waals surface area contributed by atoms with Crippen LogP contribution in [0.5, 0.6) is 0 Å². The van der Waals surface area contributed by atoms with Gasteiger partial charge in [-0.2, -0.15) is 17.4 Å². The summed E-state index contributed by atoms with van der Waals surface area (Å²) in [6.07, 6.45) is 1.58. The first kappa shape index (κ1) is 15.9. The lowest BCUT2D eigenvalue weighted by molar-refractivity contribution is -0.137. The normalized spacial score (nSPS) is 17.1. The van der Waals surface area contributed by atoms with Crippen molar-refractivity contribution in [2.24, 2.45) is 0 Å². The van der Waals surface area contributed by atoms with E-state index in [9.17, 15) is 13.2 Å². The molecule has 1 aromatic carbocycles. The van der Waals surface area contributed by atoms with Crippen molar-refractivity contribution >= 4 is 16.2 Å². The molecule has 1 fully saturated rings. The predicted octanol–water partition coefficient (Wildman–Crippen LogP) is 1.00. The largest absolute Gasteiger partial charge is 0.481 e. The molecule has 0 amide bonds. The highest BCUT2D eigenvalue weighted by atomic mass is 32.2. The van der Waals surface area contributed by atoms with Gasteiger partial charge in [-0.3, -0.25) is 4.79 Å². The molecule has 7 heteroatoms. The van der Waals surface area contributed by atoms with Crippen molar-refractivity contribution in [1.29, 1.82) is 0 Å². The van der Waals surface area contributed by atoms with Crippen molar-refractivity contribution in [1.82, 2.24) is 9.03 Å². The number of hydrogen-bond acceptors (Lipinski definition) is 3. The fraction of sp³-hybridized carbons (Fsp3) is 0.500. The molecule has 2 N–H and O–H groups in total. The van der Waals surface area contributed by atoms with E-state index in [0.717, 1.165) is 12.0 Å². The number of nitrogens with zero attached hydrogens (tertiary/aromatic N) is 1. The third-order valence-electron chi connectivity index (χ3n) is 3.50. The second-order valence-electron chi connectivity index (χ2n) is 5.19. The topological polar surface area (TPSA) is 86.7 Å². The van der Waals surface area contributed by atoms with Crippen LogP contribution in [-0.4, -0.2) is 42.9 Å². The van der Waals surface area contributed by atoms with Gasteiger partial charge in [0.25, 0.3) is 10.2 Å². The summed E-state index contributed by atoms with van der Waals surface area (Å²) in [5.74, 6) is -0.920. The number of rotatable bonds is 8. The first-order valence-electron chi connectivity index (χ1n) is 7.00. The summed E-state index contributed by atoms with van der Waals surface area (Å²) in [5, 5.41) is 8.81. The van der Waals surface area contributed by atoms with E-state index in [-0.39, 0.29) is 12.8 Å². The Morgan fingerprint density at radius 2 is 1.95 bits per heavy atom. The summed E-state index contributed by atoms with van der Waals surface area (Å²) in [5.41, 5.74) is 0.985. The van der Waals surface area contributed by atoms with Crippen LogP contribution >= 0.6 is 0 Å². The molecule has 1 aliphatic heterocycles.